The molecule has 0 aliphatic heterocycles. The van der Waals surface area contributed by atoms with Gasteiger partial charge in [0.15, 0.2) is 5.76 Å². The highest BCUT2D eigenvalue weighted by molar-refractivity contribution is 7.55. The monoisotopic (exact) mass is 458 g/mol. The number of fused-ring (bicyclic) bond motifs is 1. The first-order chi connectivity index (χ1) is 16.0. The average molecular weight is 458 g/mol. The summed E-state index contributed by atoms with van der Waals surface area (Å²) in [6.07, 6.45) is 7.28. The van der Waals surface area contributed by atoms with E-state index >= 15 is 0 Å². The van der Waals surface area contributed by atoms with Crippen LogP contribution in [0.1, 0.15) is 35.5 Å². The lowest BCUT2D eigenvalue weighted by molar-refractivity contribution is 0.0997. The second kappa shape index (κ2) is 11.3. The van der Waals surface area contributed by atoms with Gasteiger partial charge in [-0.25, -0.2) is 0 Å². The number of rotatable bonds is 6. The summed E-state index contributed by atoms with van der Waals surface area (Å²) in [7, 11) is 1.92. The first kappa shape index (κ1) is 24.0. The van der Waals surface area contributed by atoms with Crippen molar-refractivity contribution in [2.24, 2.45) is 0 Å². The molecule has 0 aliphatic rings. The number of hydrogen-bond acceptors (Lipinski definition) is 4. The molecule has 33 heavy (non-hydrogen) atoms. The van der Waals surface area contributed by atoms with Gasteiger partial charge in [0.2, 0.25) is 0 Å². The van der Waals surface area contributed by atoms with Gasteiger partial charge >= 0.3 is 0 Å². The highest BCUT2D eigenvalue weighted by Gasteiger charge is 2.16. The van der Waals surface area contributed by atoms with E-state index in [1.807, 2.05) is 43.3 Å². The van der Waals surface area contributed by atoms with Crippen LogP contribution < -0.4 is 20.9 Å². The fourth-order valence-electron chi connectivity index (χ4n) is 3.35. The van der Waals surface area contributed by atoms with Crippen LogP contribution in [0.4, 0.5) is 5.69 Å². The molecular formula is C27H27N2O3P. The van der Waals surface area contributed by atoms with Crippen molar-refractivity contribution in [2.45, 2.75) is 27.2 Å². The molecule has 0 saturated carbocycles. The predicted octanol–water partition coefficient (Wildman–Crippen LogP) is 5.23. The Morgan fingerprint density at radius 3 is 2.73 bits per heavy atom. The van der Waals surface area contributed by atoms with Gasteiger partial charge in [0.25, 0.3) is 5.91 Å². The summed E-state index contributed by atoms with van der Waals surface area (Å²) < 4.78 is 11.3. The Morgan fingerprint density at radius 1 is 1.21 bits per heavy atom. The number of anilines is 1. The lowest BCUT2D eigenvalue weighted by Crippen LogP contribution is -2.13. The van der Waals surface area contributed by atoms with Gasteiger partial charge in [-0.15, -0.1) is 12.3 Å². The first-order valence-electron chi connectivity index (χ1n) is 10.6. The zero-order valence-electron chi connectivity index (χ0n) is 19.2. The molecule has 0 bridgehead atoms. The second-order valence-electron chi connectivity index (χ2n) is 7.29. The molecule has 4 aromatic rings. The molecular weight excluding hydrogens is 431 g/mol. The van der Waals surface area contributed by atoms with Crippen molar-refractivity contribution < 1.29 is 13.9 Å². The molecule has 5 nitrogen and oxygen atoms in total. The van der Waals surface area contributed by atoms with Crippen molar-refractivity contribution >= 4 is 41.9 Å². The summed E-state index contributed by atoms with van der Waals surface area (Å²) in [6, 6.07) is 17.7. The Kier molecular flexibility index (Phi) is 8.24. The van der Waals surface area contributed by atoms with Crippen molar-refractivity contribution in [3.8, 4) is 18.1 Å². The summed E-state index contributed by atoms with van der Waals surface area (Å²) >= 11 is 0. The topological polar surface area (TPSA) is 64.4 Å². The molecule has 0 fully saturated rings. The SMILES string of the molecule is C#CC.CCc1cc(C)c(NC(=O)c2ccc(Pc3ccc4ncccc4c3)o2)c(OC)c1. The number of benzene rings is 2. The van der Waals surface area contributed by atoms with E-state index in [1.54, 1.807) is 26.3 Å². The molecule has 1 unspecified atom stereocenters. The third kappa shape index (κ3) is 6.00. The molecule has 0 saturated heterocycles. The average Bonchev–Trinajstić information content (AvgIpc) is 3.29. The smallest absolute Gasteiger partial charge is 0.291 e. The maximum atomic E-state index is 12.8. The molecule has 0 radical (unpaired) electrons. The highest BCUT2D eigenvalue weighted by atomic mass is 31.1. The number of carbonyl (C=O) groups excluding carboxylic acids is 1. The summed E-state index contributed by atoms with van der Waals surface area (Å²) in [5.41, 5.74) is 4.51. The van der Waals surface area contributed by atoms with Crippen molar-refractivity contribution in [3.63, 3.8) is 0 Å². The molecule has 0 spiro atoms. The minimum atomic E-state index is -0.292. The van der Waals surface area contributed by atoms with Crippen LogP contribution in [-0.4, -0.2) is 18.0 Å². The van der Waals surface area contributed by atoms with Crippen LogP contribution in [0, 0.1) is 19.3 Å². The van der Waals surface area contributed by atoms with E-state index in [-0.39, 0.29) is 11.7 Å². The van der Waals surface area contributed by atoms with E-state index in [0.717, 1.165) is 39.3 Å². The molecule has 168 valence electrons. The Hall–Kier alpha value is -3.61. The standard InChI is InChI=1S/C24H23N2O3P.C3H4/c1-4-16-12-15(2)23(21(13-16)28-3)26-24(27)20-9-10-22(29-20)30-18-7-8-19-17(14-18)6-5-11-25-19;1-3-2/h5-14,30H,4H2,1-3H3,(H,26,27);1H,2H3. The van der Waals surface area contributed by atoms with E-state index in [4.69, 9.17) is 9.15 Å². The van der Waals surface area contributed by atoms with E-state index in [1.165, 1.54) is 0 Å². The Labute approximate surface area is 196 Å². The second-order valence-corrected chi connectivity index (χ2v) is 8.61. The number of furan rings is 1. The quantitative estimate of drug-likeness (QED) is 0.318. The predicted molar refractivity (Wildman–Crippen MR) is 138 cm³/mol. The van der Waals surface area contributed by atoms with Crippen LogP contribution in [0.25, 0.3) is 10.9 Å². The first-order valence-corrected chi connectivity index (χ1v) is 11.6. The third-order valence-corrected chi connectivity index (χ3v) is 6.04. The highest BCUT2D eigenvalue weighted by Crippen LogP contribution is 2.30. The molecule has 2 aromatic carbocycles. The number of carbonyl (C=O) groups is 1. The molecule has 1 atom stereocenters. The van der Waals surface area contributed by atoms with Gasteiger partial charge < -0.3 is 14.5 Å². The number of pyridine rings is 1. The van der Waals surface area contributed by atoms with E-state index in [0.29, 0.717) is 20.0 Å². The van der Waals surface area contributed by atoms with Crippen molar-refractivity contribution in [1.82, 2.24) is 4.98 Å². The number of ether oxygens (including phenoxy) is 1. The maximum absolute atomic E-state index is 12.8. The summed E-state index contributed by atoms with van der Waals surface area (Å²) in [5, 5.41) is 5.15. The maximum Gasteiger partial charge on any atom is 0.291 e. The fourth-order valence-corrected chi connectivity index (χ4v) is 4.36. The summed E-state index contributed by atoms with van der Waals surface area (Å²) in [5.74, 6) is 2.89. The van der Waals surface area contributed by atoms with Crippen LogP contribution in [0.3, 0.4) is 0 Å². The zero-order valence-corrected chi connectivity index (χ0v) is 20.2. The molecule has 2 heterocycles. The Bertz CT molecular complexity index is 1300. The molecule has 0 aliphatic carbocycles. The molecule has 1 N–H and O–H groups in total. The lowest BCUT2D eigenvalue weighted by atomic mass is 10.1. The molecule has 4 rings (SSSR count). The lowest BCUT2D eigenvalue weighted by Gasteiger charge is -2.14. The van der Waals surface area contributed by atoms with Crippen molar-refractivity contribution in [1.29, 1.82) is 0 Å². The number of aryl methyl sites for hydroxylation is 2. The Balaban J connectivity index is 0.000000968. The van der Waals surface area contributed by atoms with Crippen molar-refractivity contribution in [2.75, 3.05) is 12.4 Å². The Morgan fingerprint density at radius 2 is 2.00 bits per heavy atom. The number of methoxy groups -OCH3 is 1. The van der Waals surface area contributed by atoms with Crippen LogP contribution in [0.5, 0.6) is 5.75 Å². The van der Waals surface area contributed by atoms with Crippen LogP contribution in [0.2, 0.25) is 0 Å². The van der Waals surface area contributed by atoms with Gasteiger partial charge in [-0.3, -0.25) is 9.78 Å². The van der Waals surface area contributed by atoms with Crippen LogP contribution >= 0.6 is 8.58 Å². The normalized spacial score (nSPS) is 10.5. The van der Waals surface area contributed by atoms with Gasteiger partial charge in [0.05, 0.1) is 18.3 Å². The van der Waals surface area contributed by atoms with E-state index in [9.17, 15) is 4.79 Å². The fraction of sp³-hybridized carbons (Fsp3) is 0.185. The number of terminal acetylenes is 1. The summed E-state index contributed by atoms with van der Waals surface area (Å²) in [4.78, 5) is 17.1. The molecule has 2 aromatic heterocycles. The van der Waals surface area contributed by atoms with E-state index < -0.39 is 0 Å². The van der Waals surface area contributed by atoms with E-state index in [2.05, 4.69) is 41.7 Å². The van der Waals surface area contributed by atoms with Gasteiger partial charge in [-0.2, -0.15) is 0 Å². The van der Waals surface area contributed by atoms with Crippen LogP contribution in [0.15, 0.2) is 65.2 Å². The largest absolute Gasteiger partial charge is 0.495 e. The van der Waals surface area contributed by atoms with Gasteiger partial charge in [-0.1, -0.05) is 25.1 Å². The summed E-state index contributed by atoms with van der Waals surface area (Å²) in [6.45, 7) is 5.70. The molecule has 1 amide bonds. The van der Waals surface area contributed by atoms with Gasteiger partial charge in [0, 0.05) is 11.6 Å². The number of aromatic nitrogens is 1. The van der Waals surface area contributed by atoms with Gasteiger partial charge in [0.1, 0.15) is 11.3 Å². The van der Waals surface area contributed by atoms with Crippen LogP contribution in [-0.2, 0) is 6.42 Å². The number of nitrogens with zero attached hydrogens (tertiary/aromatic N) is 1. The minimum Gasteiger partial charge on any atom is -0.495 e. The number of nitrogens with one attached hydrogen (secondary N) is 1. The third-order valence-electron chi connectivity index (χ3n) is 4.93. The van der Waals surface area contributed by atoms with Crippen molar-refractivity contribution in [3.05, 3.63) is 77.7 Å². The van der Waals surface area contributed by atoms with Gasteiger partial charge in [-0.05, 0) is 81.7 Å². The minimum absolute atomic E-state index is 0.279. The number of hydrogen-bond donors (Lipinski definition) is 1. The number of amides is 1. The molecule has 6 heteroatoms. The zero-order chi connectivity index (χ0) is 23.8.